The molecule has 0 saturated carbocycles. The van der Waals surface area contributed by atoms with Crippen LogP contribution < -0.4 is 10.0 Å². The van der Waals surface area contributed by atoms with Crippen LogP contribution in [-0.2, 0) is 14.8 Å². The lowest BCUT2D eigenvalue weighted by Gasteiger charge is -2.14. The number of benzene rings is 2. The normalized spacial score (nSPS) is 12.4. The van der Waals surface area contributed by atoms with Crippen LogP contribution in [-0.4, -0.2) is 25.3 Å². The van der Waals surface area contributed by atoms with Crippen molar-refractivity contribution in [3.05, 3.63) is 63.1 Å². The van der Waals surface area contributed by atoms with Gasteiger partial charge in [-0.3, -0.25) is 14.9 Å². The number of nitrogens with one attached hydrogen (secondary N) is 2. The lowest BCUT2D eigenvalue weighted by Crippen LogP contribution is -2.41. The molecule has 0 aliphatic carbocycles. The van der Waals surface area contributed by atoms with Gasteiger partial charge in [0.25, 0.3) is 5.69 Å². The molecule has 0 fully saturated rings. The van der Waals surface area contributed by atoms with E-state index in [0.29, 0.717) is 5.69 Å². The Balaban J connectivity index is 2.04. The summed E-state index contributed by atoms with van der Waals surface area (Å²) in [5.74, 6) is -0.588. The van der Waals surface area contributed by atoms with E-state index >= 15 is 0 Å². The number of carbonyl (C=O) groups excluding carboxylic acids is 1. The second kappa shape index (κ2) is 7.72. The Hall–Kier alpha value is -2.30. The van der Waals surface area contributed by atoms with Crippen LogP contribution in [0.3, 0.4) is 0 Å². The Morgan fingerprint density at radius 3 is 2.20 bits per heavy atom. The van der Waals surface area contributed by atoms with Crippen molar-refractivity contribution >= 4 is 43.2 Å². The number of hydrogen-bond acceptors (Lipinski definition) is 5. The molecule has 0 spiro atoms. The minimum atomic E-state index is -3.85. The van der Waals surface area contributed by atoms with Gasteiger partial charge in [0.1, 0.15) is 0 Å². The maximum atomic E-state index is 12.2. The summed E-state index contributed by atoms with van der Waals surface area (Å²) in [6, 6.07) is 10.2. The summed E-state index contributed by atoms with van der Waals surface area (Å²) < 4.78 is 27.5. The molecule has 0 bridgehead atoms. The lowest BCUT2D eigenvalue weighted by molar-refractivity contribution is -0.384. The lowest BCUT2D eigenvalue weighted by atomic mass is 10.2. The molecule has 1 unspecified atom stereocenters. The van der Waals surface area contributed by atoms with Gasteiger partial charge < -0.3 is 5.32 Å². The van der Waals surface area contributed by atoms with E-state index in [1.807, 2.05) is 0 Å². The van der Waals surface area contributed by atoms with Crippen molar-refractivity contribution in [1.29, 1.82) is 0 Å². The largest absolute Gasteiger partial charge is 0.325 e. The number of carbonyl (C=O) groups is 1. The first-order chi connectivity index (χ1) is 11.7. The molecule has 2 rings (SSSR count). The minimum absolute atomic E-state index is 0.0330. The Labute approximate surface area is 152 Å². The van der Waals surface area contributed by atoms with E-state index in [1.165, 1.54) is 43.3 Å². The van der Waals surface area contributed by atoms with Crippen LogP contribution in [0.1, 0.15) is 6.92 Å². The Morgan fingerprint density at radius 1 is 1.12 bits per heavy atom. The fraction of sp³-hybridized carbons (Fsp3) is 0.133. The number of nitrogens with zero attached hydrogens (tertiary/aromatic N) is 1. The van der Waals surface area contributed by atoms with Crippen molar-refractivity contribution in [1.82, 2.24) is 4.72 Å². The molecule has 0 aromatic heterocycles. The van der Waals surface area contributed by atoms with E-state index in [2.05, 4.69) is 26.0 Å². The standard InChI is InChI=1S/C15H14BrN3O5S/c1-10(18-25(23,24)14-8-2-11(16)3-9-14)15(20)17-12-4-6-13(7-5-12)19(21)22/h2-10,18H,1H3,(H,17,20). The highest BCUT2D eigenvalue weighted by Gasteiger charge is 2.22. The number of halogens is 1. The van der Waals surface area contributed by atoms with Crippen LogP contribution in [0.5, 0.6) is 0 Å². The topological polar surface area (TPSA) is 118 Å². The second-order valence-electron chi connectivity index (χ2n) is 5.09. The average Bonchev–Trinajstić information content (AvgIpc) is 2.55. The van der Waals surface area contributed by atoms with Crippen LogP contribution in [0.25, 0.3) is 0 Å². The monoisotopic (exact) mass is 427 g/mol. The van der Waals surface area contributed by atoms with Crippen LogP contribution in [0.4, 0.5) is 11.4 Å². The highest BCUT2D eigenvalue weighted by Crippen LogP contribution is 2.17. The molecule has 0 aliphatic rings. The molecule has 0 aliphatic heterocycles. The van der Waals surface area contributed by atoms with E-state index in [0.717, 1.165) is 4.47 Å². The molecule has 2 aromatic carbocycles. The Kier molecular flexibility index (Phi) is 5.88. The highest BCUT2D eigenvalue weighted by molar-refractivity contribution is 9.10. The predicted octanol–water partition coefficient (Wildman–Crippen LogP) is 2.66. The summed E-state index contributed by atoms with van der Waals surface area (Å²) in [5, 5.41) is 13.1. The maximum Gasteiger partial charge on any atom is 0.269 e. The molecule has 8 nitrogen and oxygen atoms in total. The number of rotatable bonds is 6. The van der Waals surface area contributed by atoms with Crippen molar-refractivity contribution in [2.75, 3.05) is 5.32 Å². The maximum absolute atomic E-state index is 12.2. The summed E-state index contributed by atoms with van der Waals surface area (Å²) in [6.07, 6.45) is 0. The molecule has 10 heteroatoms. The molecule has 0 heterocycles. The van der Waals surface area contributed by atoms with Crippen molar-refractivity contribution in [2.45, 2.75) is 17.9 Å². The fourth-order valence-corrected chi connectivity index (χ4v) is 3.35. The summed E-state index contributed by atoms with van der Waals surface area (Å²) in [4.78, 5) is 22.2. The molecule has 25 heavy (non-hydrogen) atoms. The Morgan fingerprint density at radius 2 is 1.68 bits per heavy atom. The number of nitro groups is 1. The average molecular weight is 428 g/mol. The molecule has 2 N–H and O–H groups in total. The van der Waals surface area contributed by atoms with Gasteiger partial charge in [-0.25, -0.2) is 8.42 Å². The molecule has 132 valence electrons. The third-order valence-corrected chi connectivity index (χ3v) is 5.28. The first-order valence-corrected chi connectivity index (χ1v) is 9.30. The van der Waals surface area contributed by atoms with Gasteiger partial charge in [0.15, 0.2) is 0 Å². The zero-order valence-corrected chi connectivity index (χ0v) is 15.4. The van der Waals surface area contributed by atoms with Gasteiger partial charge in [-0.15, -0.1) is 0 Å². The van der Waals surface area contributed by atoms with E-state index in [9.17, 15) is 23.3 Å². The number of non-ortho nitro benzene ring substituents is 1. The van der Waals surface area contributed by atoms with Gasteiger partial charge in [-0.2, -0.15) is 4.72 Å². The number of anilines is 1. The van der Waals surface area contributed by atoms with Crippen LogP contribution in [0.15, 0.2) is 57.9 Å². The number of nitro benzene ring substituents is 1. The van der Waals surface area contributed by atoms with Gasteiger partial charge in [-0.1, -0.05) is 15.9 Å². The van der Waals surface area contributed by atoms with E-state index in [4.69, 9.17) is 0 Å². The first kappa shape index (κ1) is 19.0. The van der Waals surface area contributed by atoms with E-state index in [-0.39, 0.29) is 10.6 Å². The van der Waals surface area contributed by atoms with Crippen molar-refractivity contribution < 1.29 is 18.1 Å². The third kappa shape index (κ3) is 5.08. The van der Waals surface area contributed by atoms with E-state index in [1.54, 1.807) is 12.1 Å². The number of sulfonamides is 1. The molecular weight excluding hydrogens is 414 g/mol. The molecule has 1 atom stereocenters. The van der Waals surface area contributed by atoms with Gasteiger partial charge in [0.2, 0.25) is 15.9 Å². The summed E-state index contributed by atoms with van der Waals surface area (Å²) in [6.45, 7) is 1.40. The summed E-state index contributed by atoms with van der Waals surface area (Å²) in [7, 11) is -3.85. The highest BCUT2D eigenvalue weighted by atomic mass is 79.9. The van der Waals surface area contributed by atoms with Crippen molar-refractivity contribution in [3.8, 4) is 0 Å². The van der Waals surface area contributed by atoms with Crippen molar-refractivity contribution in [3.63, 3.8) is 0 Å². The van der Waals surface area contributed by atoms with Crippen LogP contribution in [0, 0.1) is 10.1 Å². The quantitative estimate of drug-likeness (QED) is 0.542. The van der Waals surface area contributed by atoms with Crippen LogP contribution in [0.2, 0.25) is 0 Å². The van der Waals surface area contributed by atoms with Gasteiger partial charge >= 0.3 is 0 Å². The fourth-order valence-electron chi connectivity index (χ4n) is 1.89. The zero-order valence-electron chi connectivity index (χ0n) is 13.0. The molecular formula is C15H14BrN3O5S. The molecule has 2 aromatic rings. The Bertz CT molecular complexity index is 882. The van der Waals surface area contributed by atoms with Crippen LogP contribution >= 0.6 is 15.9 Å². The van der Waals surface area contributed by atoms with Gasteiger partial charge in [-0.05, 0) is 43.3 Å². The number of amides is 1. The minimum Gasteiger partial charge on any atom is -0.325 e. The smallest absolute Gasteiger partial charge is 0.269 e. The van der Waals surface area contributed by atoms with Crippen molar-refractivity contribution in [2.24, 2.45) is 0 Å². The van der Waals surface area contributed by atoms with Gasteiger partial charge in [0, 0.05) is 22.3 Å². The third-order valence-electron chi connectivity index (χ3n) is 3.19. The summed E-state index contributed by atoms with van der Waals surface area (Å²) in [5.41, 5.74) is 0.215. The molecule has 0 saturated heterocycles. The molecule has 0 radical (unpaired) electrons. The van der Waals surface area contributed by atoms with Gasteiger partial charge in [0.05, 0.1) is 15.9 Å². The SMILES string of the molecule is CC(NS(=O)(=O)c1ccc(Br)cc1)C(=O)Nc1ccc([N+](=O)[O-])cc1. The zero-order chi connectivity index (χ0) is 18.6. The summed E-state index contributed by atoms with van der Waals surface area (Å²) >= 11 is 3.22. The number of hydrogen-bond donors (Lipinski definition) is 2. The molecule has 1 amide bonds. The van der Waals surface area contributed by atoms with E-state index < -0.39 is 26.9 Å². The predicted molar refractivity (Wildman–Crippen MR) is 95.7 cm³/mol. The second-order valence-corrected chi connectivity index (χ2v) is 7.72. The first-order valence-electron chi connectivity index (χ1n) is 7.02.